The highest BCUT2D eigenvalue weighted by Gasteiger charge is 2.42. The van der Waals surface area contributed by atoms with Crippen LogP contribution in [0.2, 0.25) is 0 Å². The second-order valence-electron chi connectivity index (χ2n) is 6.60. The molecule has 7 nitrogen and oxygen atoms in total. The van der Waals surface area contributed by atoms with Gasteiger partial charge in [0.05, 0.1) is 6.61 Å². The summed E-state index contributed by atoms with van der Waals surface area (Å²) in [5, 5.41) is 0. The summed E-state index contributed by atoms with van der Waals surface area (Å²) < 4.78 is 10.3. The van der Waals surface area contributed by atoms with Crippen LogP contribution >= 0.6 is 0 Å². The van der Waals surface area contributed by atoms with Gasteiger partial charge in [0.2, 0.25) is 5.91 Å². The van der Waals surface area contributed by atoms with Crippen molar-refractivity contribution in [2.75, 3.05) is 20.2 Å². The lowest BCUT2D eigenvalue weighted by Gasteiger charge is -2.30. The van der Waals surface area contributed by atoms with Crippen molar-refractivity contribution in [1.29, 1.82) is 0 Å². The molecule has 1 fully saturated rings. The van der Waals surface area contributed by atoms with Crippen LogP contribution < -0.4 is 0 Å². The van der Waals surface area contributed by atoms with Gasteiger partial charge in [-0.3, -0.25) is 14.5 Å². The summed E-state index contributed by atoms with van der Waals surface area (Å²) in [6.45, 7) is 3.99. The average molecular weight is 376 g/mol. The maximum Gasteiger partial charge on any atom is 0.411 e. The van der Waals surface area contributed by atoms with Crippen molar-refractivity contribution >= 4 is 18.0 Å². The quantitative estimate of drug-likeness (QED) is 0.684. The van der Waals surface area contributed by atoms with E-state index in [1.807, 2.05) is 37.3 Å². The number of likely N-dealkylation sites (tertiary alicyclic amines) is 1. The van der Waals surface area contributed by atoms with Gasteiger partial charge in [-0.1, -0.05) is 37.3 Å². The summed E-state index contributed by atoms with van der Waals surface area (Å²) in [6.07, 6.45) is 1.54. The Morgan fingerprint density at radius 2 is 1.81 bits per heavy atom. The number of hydrogen-bond acceptors (Lipinski definition) is 5. The molecule has 7 heteroatoms. The summed E-state index contributed by atoms with van der Waals surface area (Å²) in [7, 11) is 1.55. The molecule has 1 aliphatic rings. The van der Waals surface area contributed by atoms with Gasteiger partial charge in [-0.2, -0.15) is 0 Å². The maximum absolute atomic E-state index is 12.8. The Hall–Kier alpha value is -2.57. The summed E-state index contributed by atoms with van der Waals surface area (Å²) in [6, 6.07) is 8.76. The highest BCUT2D eigenvalue weighted by molar-refractivity contribution is 5.88. The van der Waals surface area contributed by atoms with Crippen molar-refractivity contribution in [2.45, 2.75) is 51.8 Å². The Kier molecular flexibility index (Phi) is 7.64. The predicted octanol–water partition coefficient (Wildman–Crippen LogP) is 2.59. The van der Waals surface area contributed by atoms with E-state index in [-0.39, 0.29) is 31.7 Å². The first-order valence-electron chi connectivity index (χ1n) is 9.37. The molecule has 0 radical (unpaired) electrons. The van der Waals surface area contributed by atoms with Crippen LogP contribution in [0.5, 0.6) is 0 Å². The van der Waals surface area contributed by atoms with Crippen LogP contribution in [0.3, 0.4) is 0 Å². The molecule has 0 N–H and O–H groups in total. The predicted molar refractivity (Wildman–Crippen MR) is 99.8 cm³/mol. The summed E-state index contributed by atoms with van der Waals surface area (Å²) in [5.41, 5.74) is 0.889. The van der Waals surface area contributed by atoms with E-state index < -0.39 is 18.1 Å². The van der Waals surface area contributed by atoms with Crippen LogP contribution in [-0.4, -0.2) is 60.1 Å². The zero-order valence-electron chi connectivity index (χ0n) is 16.2. The van der Waals surface area contributed by atoms with E-state index in [1.165, 1.54) is 9.80 Å². The van der Waals surface area contributed by atoms with Gasteiger partial charge in [-0.05, 0) is 31.7 Å². The van der Waals surface area contributed by atoms with E-state index in [0.29, 0.717) is 6.42 Å². The molecule has 0 spiro atoms. The molecule has 1 aliphatic heterocycles. The topological polar surface area (TPSA) is 76.2 Å². The molecule has 0 unspecified atom stereocenters. The fraction of sp³-hybridized carbons (Fsp3) is 0.550. The van der Waals surface area contributed by atoms with Gasteiger partial charge >= 0.3 is 12.1 Å². The summed E-state index contributed by atoms with van der Waals surface area (Å²) in [4.78, 5) is 40.0. The Labute approximate surface area is 160 Å². The third kappa shape index (κ3) is 5.45. The first-order chi connectivity index (χ1) is 13.0. The molecule has 2 amide bonds. The number of benzene rings is 1. The fourth-order valence-electron chi connectivity index (χ4n) is 3.33. The summed E-state index contributed by atoms with van der Waals surface area (Å²) >= 11 is 0. The number of nitrogens with zero attached hydrogens (tertiary/aromatic N) is 2. The number of amides is 2. The van der Waals surface area contributed by atoms with Crippen molar-refractivity contribution in [1.82, 2.24) is 9.80 Å². The second-order valence-corrected chi connectivity index (χ2v) is 6.60. The van der Waals surface area contributed by atoms with Gasteiger partial charge in [-0.15, -0.1) is 0 Å². The van der Waals surface area contributed by atoms with Gasteiger partial charge in [0.25, 0.3) is 0 Å². The molecule has 0 aromatic heterocycles. The van der Waals surface area contributed by atoms with Crippen LogP contribution in [0.1, 0.15) is 38.7 Å². The third-order valence-corrected chi connectivity index (χ3v) is 4.72. The number of carbonyl (C=O) groups is 3. The maximum atomic E-state index is 12.8. The Bertz CT molecular complexity index is 649. The number of esters is 1. The zero-order valence-corrected chi connectivity index (χ0v) is 16.2. The summed E-state index contributed by atoms with van der Waals surface area (Å²) in [5.74, 6) is -0.729. The molecular weight excluding hydrogens is 348 g/mol. The highest BCUT2D eigenvalue weighted by atomic mass is 16.6. The van der Waals surface area contributed by atoms with Crippen molar-refractivity contribution in [3.8, 4) is 0 Å². The Morgan fingerprint density at radius 1 is 1.11 bits per heavy atom. The van der Waals surface area contributed by atoms with E-state index in [4.69, 9.17) is 9.47 Å². The van der Waals surface area contributed by atoms with Crippen molar-refractivity contribution < 1.29 is 23.9 Å². The normalized spacial score (nSPS) is 18.9. The highest BCUT2D eigenvalue weighted by Crippen LogP contribution is 2.28. The molecule has 0 saturated carbocycles. The van der Waals surface area contributed by atoms with Crippen LogP contribution in [0.4, 0.5) is 4.79 Å². The monoisotopic (exact) mass is 376 g/mol. The van der Waals surface area contributed by atoms with Crippen LogP contribution in [0.25, 0.3) is 0 Å². The number of hydrogen-bond donors (Lipinski definition) is 0. The molecule has 148 valence electrons. The minimum absolute atomic E-state index is 0.0433. The number of rotatable bonds is 7. The van der Waals surface area contributed by atoms with E-state index in [1.54, 1.807) is 14.0 Å². The number of ether oxygens (including phenoxy) is 2. The molecule has 1 heterocycles. The smallest absolute Gasteiger partial charge is 0.411 e. The average Bonchev–Trinajstić information content (AvgIpc) is 3.10. The van der Waals surface area contributed by atoms with Gasteiger partial charge in [-0.25, -0.2) is 4.79 Å². The first kappa shape index (κ1) is 20.7. The van der Waals surface area contributed by atoms with E-state index >= 15 is 0 Å². The van der Waals surface area contributed by atoms with Crippen LogP contribution in [0.15, 0.2) is 30.3 Å². The number of carbonyl (C=O) groups excluding carboxylic acids is 3. The first-order valence-corrected chi connectivity index (χ1v) is 9.37. The third-order valence-electron chi connectivity index (χ3n) is 4.72. The van der Waals surface area contributed by atoms with Gasteiger partial charge in [0, 0.05) is 13.1 Å². The fourth-order valence-corrected chi connectivity index (χ4v) is 3.33. The van der Waals surface area contributed by atoms with E-state index in [2.05, 4.69) is 0 Å². The van der Waals surface area contributed by atoms with Crippen LogP contribution in [-0.2, 0) is 25.7 Å². The second kappa shape index (κ2) is 9.94. The van der Waals surface area contributed by atoms with Crippen molar-refractivity contribution in [3.05, 3.63) is 35.9 Å². The Morgan fingerprint density at radius 3 is 2.44 bits per heavy atom. The molecule has 2 rings (SSSR count). The molecule has 0 aliphatic carbocycles. The molecule has 1 aromatic carbocycles. The molecule has 2 atom stereocenters. The van der Waals surface area contributed by atoms with Gasteiger partial charge in [0.1, 0.15) is 19.2 Å². The van der Waals surface area contributed by atoms with E-state index in [9.17, 15) is 14.4 Å². The standard InChI is InChI=1S/C20H28N2O5/c1-4-16-11-12-17(19(24)21(3)13-18(23)26-5-2)22(16)20(25)27-14-15-9-7-6-8-10-15/h6-10,16-17H,4-5,11-14H2,1-3H3/t16-,17+/m1/s1. The van der Waals surface area contributed by atoms with Crippen molar-refractivity contribution in [3.63, 3.8) is 0 Å². The van der Waals surface area contributed by atoms with Gasteiger partial charge in [0.15, 0.2) is 0 Å². The van der Waals surface area contributed by atoms with Crippen molar-refractivity contribution in [2.24, 2.45) is 0 Å². The lowest BCUT2D eigenvalue weighted by molar-refractivity contribution is -0.149. The lowest BCUT2D eigenvalue weighted by Crippen LogP contribution is -2.50. The largest absolute Gasteiger partial charge is 0.465 e. The minimum Gasteiger partial charge on any atom is -0.465 e. The Balaban J connectivity index is 2.02. The molecule has 0 bridgehead atoms. The molecular formula is C20H28N2O5. The van der Waals surface area contributed by atoms with E-state index in [0.717, 1.165) is 18.4 Å². The SMILES string of the molecule is CCOC(=O)CN(C)C(=O)[C@@H]1CC[C@@H](CC)N1C(=O)OCc1ccccc1. The zero-order chi connectivity index (χ0) is 19.8. The van der Waals surface area contributed by atoms with Gasteiger partial charge < -0.3 is 14.4 Å². The van der Waals surface area contributed by atoms with Crippen LogP contribution in [0, 0.1) is 0 Å². The number of likely N-dealkylation sites (N-methyl/N-ethyl adjacent to an activating group) is 1. The minimum atomic E-state index is -0.613. The lowest BCUT2D eigenvalue weighted by atomic mass is 10.1. The molecule has 1 aromatic rings. The molecule has 27 heavy (non-hydrogen) atoms. The molecule has 1 saturated heterocycles.